The molecule has 1 aliphatic carbocycles. The zero-order valence-electron chi connectivity index (χ0n) is 25.9. The summed E-state index contributed by atoms with van der Waals surface area (Å²) in [4.78, 5) is 5.45. The molecule has 217 valence electrons. The zero-order valence-corrected chi connectivity index (χ0v) is 29.0. The number of aromatic nitrogens is 1. The quantitative estimate of drug-likeness (QED) is 0.256. The maximum absolute atomic E-state index is 12.0. The molecule has 1 saturated heterocycles. The number of halogens is 1. The van der Waals surface area contributed by atoms with Gasteiger partial charge in [-0.2, -0.15) is 0 Å². The van der Waals surface area contributed by atoms with Crippen LogP contribution in [0.2, 0.25) is 18.1 Å². The highest BCUT2D eigenvalue weighted by Crippen LogP contribution is 2.50. The number of pyridine rings is 1. The molecule has 4 nitrogen and oxygen atoms in total. The van der Waals surface area contributed by atoms with Gasteiger partial charge in [0.05, 0.1) is 5.69 Å². The molecular weight excluding hydrogens is 613 g/mol. The normalized spacial score (nSPS) is 21.5. The molecule has 1 aliphatic heterocycles. The molecule has 6 heteroatoms. The van der Waals surface area contributed by atoms with Crippen molar-refractivity contribution in [2.45, 2.75) is 123 Å². The molecule has 0 saturated carbocycles. The number of hydrogen-bond donors (Lipinski definition) is 1. The summed E-state index contributed by atoms with van der Waals surface area (Å²) in [5.74, 6) is 0.292. The minimum Gasteiger partial charge on any atom is -0.559 e. The van der Waals surface area contributed by atoms with E-state index in [0.717, 1.165) is 59.3 Å². The van der Waals surface area contributed by atoms with Crippen LogP contribution in [0, 0.1) is 8.99 Å². The summed E-state index contributed by atoms with van der Waals surface area (Å²) in [6, 6.07) is 8.52. The van der Waals surface area contributed by atoms with Gasteiger partial charge < -0.3 is 14.3 Å². The summed E-state index contributed by atoms with van der Waals surface area (Å²) in [5, 5.41) is 12.1. The van der Waals surface area contributed by atoms with Crippen molar-refractivity contribution in [3.63, 3.8) is 0 Å². The molecular formula is C33H50INO3Si-. The second kappa shape index (κ2) is 11.1. The van der Waals surface area contributed by atoms with Crippen molar-refractivity contribution in [1.82, 2.24) is 4.98 Å². The number of ether oxygens (including phenoxy) is 1. The second-order valence-corrected chi connectivity index (χ2v) is 21.0. The highest BCUT2D eigenvalue weighted by atomic mass is 127. The Morgan fingerprint density at radius 1 is 1.05 bits per heavy atom. The van der Waals surface area contributed by atoms with Crippen LogP contribution in [0.25, 0.3) is 0 Å². The molecule has 1 aromatic heterocycles. The molecule has 2 aliphatic rings. The number of hydrogen-bond acceptors (Lipinski definition) is 4. The topological polar surface area (TPSA) is 51.6 Å². The van der Waals surface area contributed by atoms with Gasteiger partial charge in [-0.05, 0) is 78.5 Å². The van der Waals surface area contributed by atoms with E-state index < -0.39 is 14.4 Å². The van der Waals surface area contributed by atoms with Gasteiger partial charge in [-0.3, -0.25) is 4.98 Å². The Morgan fingerprint density at radius 3 is 2.18 bits per heavy atom. The van der Waals surface area contributed by atoms with Gasteiger partial charge in [0.15, 0.2) is 0 Å². The van der Waals surface area contributed by atoms with Crippen LogP contribution in [0.5, 0.6) is 0 Å². The molecule has 0 spiro atoms. The third-order valence-corrected chi connectivity index (χ3v) is 14.9. The molecule has 1 fully saturated rings. The SMILES string of the molecule is CC1(C)Cc2nc(C3CCOCC3)c([C@H](O)c3ccc(C(C)(C)C)cc3)c(I)c2[C@@H](O[Si-](C)(C)C(C)(C)C)C1. The van der Waals surface area contributed by atoms with Gasteiger partial charge in [0.2, 0.25) is 0 Å². The molecule has 1 N–H and O–H groups in total. The first-order valence-corrected chi connectivity index (χ1v) is 18.7. The van der Waals surface area contributed by atoms with Crippen LogP contribution < -0.4 is 0 Å². The summed E-state index contributed by atoms with van der Waals surface area (Å²) in [6.07, 6.45) is 3.04. The fourth-order valence-electron chi connectivity index (χ4n) is 5.75. The highest BCUT2D eigenvalue weighted by molar-refractivity contribution is 14.1. The monoisotopic (exact) mass is 663 g/mol. The second-order valence-electron chi connectivity index (χ2n) is 15.2. The fourth-order valence-corrected chi connectivity index (χ4v) is 8.24. The molecule has 0 unspecified atom stereocenters. The number of nitrogens with zero attached hydrogens (tertiary/aromatic N) is 1. The van der Waals surface area contributed by atoms with E-state index in [1.807, 2.05) is 0 Å². The van der Waals surface area contributed by atoms with E-state index in [1.54, 1.807) is 0 Å². The maximum Gasteiger partial charge on any atom is 0.107 e. The number of rotatable bonds is 5. The summed E-state index contributed by atoms with van der Waals surface area (Å²) < 4.78 is 14.0. The first kappa shape index (κ1) is 31.1. The van der Waals surface area contributed by atoms with Crippen LogP contribution in [-0.2, 0) is 21.0 Å². The third kappa shape index (κ3) is 6.66. The van der Waals surface area contributed by atoms with E-state index in [9.17, 15) is 5.11 Å². The molecule has 0 amide bonds. The highest BCUT2D eigenvalue weighted by Gasteiger charge is 2.40. The van der Waals surface area contributed by atoms with Crippen LogP contribution in [-0.4, -0.2) is 31.6 Å². The Hall–Kier alpha value is -0.803. The van der Waals surface area contributed by atoms with E-state index in [1.165, 1.54) is 16.8 Å². The Labute approximate surface area is 252 Å². The molecule has 39 heavy (non-hydrogen) atoms. The van der Waals surface area contributed by atoms with Crippen molar-refractivity contribution in [3.05, 3.63) is 61.5 Å². The van der Waals surface area contributed by atoms with Crippen LogP contribution in [0.4, 0.5) is 0 Å². The lowest BCUT2D eigenvalue weighted by Crippen LogP contribution is -2.44. The number of aliphatic hydroxyl groups excluding tert-OH is 1. The molecule has 2 aromatic rings. The third-order valence-electron chi connectivity index (χ3n) is 9.24. The molecule has 4 rings (SSSR count). The van der Waals surface area contributed by atoms with E-state index in [0.29, 0.717) is 5.92 Å². The van der Waals surface area contributed by atoms with Crippen LogP contribution in [0.15, 0.2) is 24.3 Å². The van der Waals surface area contributed by atoms with Crippen molar-refractivity contribution < 1.29 is 14.3 Å². The van der Waals surface area contributed by atoms with Crippen molar-refractivity contribution in [2.75, 3.05) is 13.2 Å². The summed E-state index contributed by atoms with van der Waals surface area (Å²) >= 11 is 2.51. The average molecular weight is 664 g/mol. The maximum atomic E-state index is 12.0. The Morgan fingerprint density at radius 2 is 1.64 bits per heavy atom. The molecule has 1 aromatic carbocycles. The summed E-state index contributed by atoms with van der Waals surface area (Å²) in [6.45, 7) is 24.5. The van der Waals surface area contributed by atoms with Gasteiger partial charge in [-0.1, -0.05) is 79.7 Å². The molecule has 2 heterocycles. The van der Waals surface area contributed by atoms with Gasteiger partial charge in [-0.25, -0.2) is 0 Å². The molecule has 2 atom stereocenters. The number of fused-ring (bicyclic) bond motifs is 1. The van der Waals surface area contributed by atoms with Crippen molar-refractivity contribution in [1.29, 1.82) is 0 Å². The standard InChI is InChI=1S/C33H50INO3Si/c1-31(2,3)23-13-11-22(12-14-23)30(36)27-28(34)26-24(35-29(27)21-15-17-37-18-16-21)19-33(7,8)20-25(26)38-39(9,10)32(4,5)6/h11-14,21,25,30,36H,15-20H2,1-10H3/q-1/t25-,30+/m0/s1. The van der Waals surface area contributed by atoms with Crippen molar-refractivity contribution in [3.8, 4) is 0 Å². The van der Waals surface area contributed by atoms with Crippen molar-refractivity contribution in [2.24, 2.45) is 5.41 Å². The first-order chi connectivity index (χ1) is 17.9. The zero-order chi connectivity index (χ0) is 29.0. The van der Waals surface area contributed by atoms with E-state index >= 15 is 0 Å². The van der Waals surface area contributed by atoms with Gasteiger partial charge in [0.1, 0.15) is 6.10 Å². The lowest BCUT2D eigenvalue weighted by molar-refractivity contribution is 0.0827. The number of benzene rings is 1. The Kier molecular flexibility index (Phi) is 8.88. The largest absolute Gasteiger partial charge is 0.559 e. The lowest BCUT2D eigenvalue weighted by Gasteiger charge is -2.53. The van der Waals surface area contributed by atoms with Gasteiger partial charge >= 0.3 is 0 Å². The van der Waals surface area contributed by atoms with E-state index in [2.05, 4.69) is 115 Å². The minimum absolute atomic E-state index is 0.0120. The average Bonchev–Trinajstić information content (AvgIpc) is 2.81. The number of aliphatic hydroxyl groups is 1. The van der Waals surface area contributed by atoms with Crippen LogP contribution in [0.1, 0.15) is 126 Å². The molecule has 0 bridgehead atoms. The predicted molar refractivity (Wildman–Crippen MR) is 172 cm³/mol. The Bertz CT molecular complexity index is 1170. The lowest BCUT2D eigenvalue weighted by atomic mass is 9.74. The predicted octanol–water partition coefficient (Wildman–Crippen LogP) is 8.99. The minimum atomic E-state index is -2.04. The Balaban J connectivity index is 1.88. The van der Waals surface area contributed by atoms with E-state index in [-0.39, 0.29) is 22.0 Å². The molecule has 0 radical (unpaired) electrons. The smallest absolute Gasteiger partial charge is 0.107 e. The first-order valence-electron chi connectivity index (χ1n) is 14.7. The van der Waals surface area contributed by atoms with Gasteiger partial charge in [0.25, 0.3) is 0 Å². The fraction of sp³-hybridized carbons (Fsp3) is 0.667. The van der Waals surface area contributed by atoms with Gasteiger partial charge in [0, 0.05) is 45.6 Å². The van der Waals surface area contributed by atoms with Crippen LogP contribution in [0.3, 0.4) is 0 Å². The van der Waals surface area contributed by atoms with Crippen LogP contribution >= 0.6 is 22.6 Å². The summed E-state index contributed by atoms with van der Waals surface area (Å²) in [5.41, 5.74) is 6.80. The van der Waals surface area contributed by atoms with Crippen molar-refractivity contribution >= 4 is 30.9 Å². The summed E-state index contributed by atoms with van der Waals surface area (Å²) in [7, 11) is -2.04. The van der Waals surface area contributed by atoms with E-state index in [4.69, 9.17) is 14.1 Å². The van der Waals surface area contributed by atoms with Gasteiger partial charge in [-0.15, -0.1) is 18.1 Å².